The number of hydrogen-bond acceptors (Lipinski definition) is 4. The number of benzene rings is 2. The number of carbonyl (C=O) groups is 2. The monoisotopic (exact) mass is 492 g/mol. The second-order valence-electron chi connectivity index (χ2n) is 10.5. The Bertz CT molecular complexity index is 1050. The van der Waals surface area contributed by atoms with E-state index in [1.807, 2.05) is 47.1 Å². The molecule has 0 aromatic heterocycles. The van der Waals surface area contributed by atoms with Crippen molar-refractivity contribution in [3.8, 4) is 0 Å². The number of amides is 3. The van der Waals surface area contributed by atoms with Crippen LogP contribution in [0.1, 0.15) is 45.2 Å². The molecule has 3 aliphatic heterocycles. The summed E-state index contributed by atoms with van der Waals surface area (Å²) in [6, 6.07) is 18.4. The highest BCUT2D eigenvalue weighted by Crippen LogP contribution is 2.42. The van der Waals surface area contributed by atoms with Crippen LogP contribution in [0.2, 0.25) is 0 Å². The minimum absolute atomic E-state index is 0. The van der Waals surface area contributed by atoms with Gasteiger partial charge < -0.3 is 24.8 Å². The number of anilines is 1. The van der Waals surface area contributed by atoms with Crippen LogP contribution in [0.5, 0.6) is 0 Å². The highest BCUT2D eigenvalue weighted by molar-refractivity contribution is 5.89. The normalized spacial score (nSPS) is 20.1. The summed E-state index contributed by atoms with van der Waals surface area (Å²) in [6.45, 7) is 8.46. The van der Waals surface area contributed by atoms with E-state index in [9.17, 15) is 9.59 Å². The average molecular weight is 493 g/mol. The van der Waals surface area contributed by atoms with Crippen LogP contribution in [-0.2, 0) is 16.7 Å². The molecule has 7 nitrogen and oxygen atoms in total. The van der Waals surface area contributed by atoms with Crippen molar-refractivity contribution in [3.05, 3.63) is 65.7 Å². The Labute approximate surface area is 215 Å². The summed E-state index contributed by atoms with van der Waals surface area (Å²) in [6.07, 6.45) is 4.02. The zero-order valence-corrected chi connectivity index (χ0v) is 21.3. The zero-order valence-electron chi connectivity index (χ0n) is 21.3. The van der Waals surface area contributed by atoms with Crippen molar-refractivity contribution in [1.82, 2.24) is 14.7 Å². The highest BCUT2D eigenvalue weighted by Gasteiger charge is 2.43. The first-order valence-corrected chi connectivity index (χ1v) is 13.4. The highest BCUT2D eigenvalue weighted by atomic mass is 16.6. The van der Waals surface area contributed by atoms with Gasteiger partial charge in [0.1, 0.15) is 0 Å². The topological polar surface area (TPSA) is 65.1 Å². The summed E-state index contributed by atoms with van der Waals surface area (Å²) in [5.41, 5.74) is 3.54. The van der Waals surface area contributed by atoms with Crippen LogP contribution in [0.3, 0.4) is 0 Å². The van der Waals surface area contributed by atoms with E-state index in [4.69, 9.17) is 4.74 Å². The zero-order chi connectivity index (χ0) is 25.0. The lowest BCUT2D eigenvalue weighted by Crippen LogP contribution is -2.54. The second-order valence-corrected chi connectivity index (χ2v) is 10.5. The van der Waals surface area contributed by atoms with E-state index in [-0.39, 0.29) is 19.0 Å². The molecule has 2 fully saturated rings. The number of ether oxygens (including phenoxy) is 1. The van der Waals surface area contributed by atoms with Gasteiger partial charge in [-0.05, 0) is 74.9 Å². The number of rotatable bonds is 4. The summed E-state index contributed by atoms with van der Waals surface area (Å²) in [7, 11) is 0. The summed E-state index contributed by atoms with van der Waals surface area (Å²) in [4.78, 5) is 31.7. The Balaban J connectivity index is 0.00000320. The molecule has 3 heterocycles. The Morgan fingerprint density at radius 1 is 0.972 bits per heavy atom. The first kappa shape index (κ1) is 24.6. The lowest BCUT2D eigenvalue weighted by atomic mass is 9.68. The van der Waals surface area contributed by atoms with E-state index >= 15 is 0 Å². The number of likely N-dealkylation sites (tertiary alicyclic amines) is 2. The largest absolute Gasteiger partial charge is 0.450 e. The molecule has 2 aromatic carbocycles. The van der Waals surface area contributed by atoms with E-state index < -0.39 is 0 Å². The molecule has 0 unspecified atom stereocenters. The van der Waals surface area contributed by atoms with Gasteiger partial charge in [-0.3, -0.25) is 0 Å². The number of urea groups is 1. The fraction of sp³-hybridized carbons (Fsp3) is 0.517. The van der Waals surface area contributed by atoms with Gasteiger partial charge >= 0.3 is 12.1 Å². The maximum absolute atomic E-state index is 13.2. The molecule has 2 aromatic rings. The lowest BCUT2D eigenvalue weighted by Gasteiger charge is -2.49. The van der Waals surface area contributed by atoms with Crippen LogP contribution >= 0.6 is 0 Å². The molecule has 2 saturated heterocycles. The Morgan fingerprint density at radius 2 is 1.67 bits per heavy atom. The van der Waals surface area contributed by atoms with Gasteiger partial charge in [0.2, 0.25) is 0 Å². The van der Waals surface area contributed by atoms with E-state index in [2.05, 4.69) is 34.5 Å². The summed E-state index contributed by atoms with van der Waals surface area (Å²) >= 11 is 0. The summed E-state index contributed by atoms with van der Waals surface area (Å²) < 4.78 is 5.16. The first-order chi connectivity index (χ1) is 17.6. The average Bonchev–Trinajstić information content (AvgIpc) is 2.91. The molecule has 5 rings (SSSR count). The van der Waals surface area contributed by atoms with Crippen molar-refractivity contribution in [2.45, 2.75) is 44.6 Å². The number of nitrogens with one attached hydrogen (secondary N) is 1. The van der Waals surface area contributed by atoms with E-state index in [0.29, 0.717) is 19.1 Å². The van der Waals surface area contributed by atoms with Gasteiger partial charge in [0.25, 0.3) is 0 Å². The SMILES string of the molecule is CCOC(=O)N1CCC(CN2CCC3(CC2)CN(C(=O)Nc2ccccc2)Cc2ccccc23)CC1.[HH]. The van der Waals surface area contributed by atoms with Gasteiger partial charge in [0.05, 0.1) is 6.61 Å². The molecule has 0 bridgehead atoms. The van der Waals surface area contributed by atoms with Crippen molar-refractivity contribution >= 4 is 17.8 Å². The first-order valence-electron chi connectivity index (χ1n) is 13.4. The molecule has 0 saturated carbocycles. The van der Waals surface area contributed by atoms with Gasteiger partial charge in [-0.25, -0.2) is 9.59 Å². The van der Waals surface area contributed by atoms with Crippen molar-refractivity contribution < 1.29 is 15.8 Å². The van der Waals surface area contributed by atoms with Crippen LogP contribution in [0, 0.1) is 5.92 Å². The number of nitrogens with zero attached hydrogens (tertiary/aromatic N) is 3. The molecule has 194 valence electrons. The van der Waals surface area contributed by atoms with Crippen LogP contribution < -0.4 is 5.32 Å². The smallest absolute Gasteiger partial charge is 0.409 e. The van der Waals surface area contributed by atoms with Crippen molar-refractivity contribution in [3.63, 3.8) is 0 Å². The van der Waals surface area contributed by atoms with E-state index in [1.165, 1.54) is 11.1 Å². The summed E-state index contributed by atoms with van der Waals surface area (Å²) in [5.74, 6) is 0.622. The Kier molecular flexibility index (Phi) is 7.46. The molecular weight excluding hydrogens is 452 g/mol. The number of para-hydroxylation sites is 1. The van der Waals surface area contributed by atoms with Crippen molar-refractivity contribution in [1.29, 1.82) is 0 Å². The molecule has 3 amide bonds. The Morgan fingerprint density at radius 3 is 2.39 bits per heavy atom. The molecule has 36 heavy (non-hydrogen) atoms. The van der Waals surface area contributed by atoms with Gasteiger partial charge in [-0.15, -0.1) is 0 Å². The number of fused-ring (bicyclic) bond motifs is 2. The number of carbonyl (C=O) groups excluding carboxylic acids is 2. The van der Waals surface area contributed by atoms with Crippen molar-refractivity contribution in [2.75, 3.05) is 51.2 Å². The molecule has 0 radical (unpaired) electrons. The van der Waals surface area contributed by atoms with Gasteiger partial charge in [0.15, 0.2) is 0 Å². The van der Waals surface area contributed by atoms with E-state index in [1.54, 1.807) is 0 Å². The standard InChI is InChI=1S/C29H38N4O3.H2/c1-2-36-28(35)32-16-12-23(13-17-32)20-31-18-14-29(15-19-31)22-33(21-24-8-6-7-11-26(24)29)27(34)30-25-9-4-3-5-10-25;/h3-11,23H,2,12-22H2,1H3,(H,30,34);1H. The van der Waals surface area contributed by atoms with Crippen LogP contribution in [0.25, 0.3) is 0 Å². The molecule has 7 heteroatoms. The second kappa shape index (κ2) is 10.9. The molecule has 0 atom stereocenters. The summed E-state index contributed by atoms with van der Waals surface area (Å²) in [5, 5.41) is 3.09. The molecule has 1 N–H and O–H groups in total. The third-order valence-corrected chi connectivity index (χ3v) is 8.23. The van der Waals surface area contributed by atoms with Gasteiger partial charge in [-0.1, -0.05) is 42.5 Å². The molecule has 1 spiro atoms. The van der Waals surface area contributed by atoms with Crippen LogP contribution in [0.15, 0.2) is 54.6 Å². The molecule has 3 aliphatic rings. The van der Waals surface area contributed by atoms with Crippen LogP contribution in [0.4, 0.5) is 15.3 Å². The quantitative estimate of drug-likeness (QED) is 0.639. The third-order valence-electron chi connectivity index (χ3n) is 8.23. The number of piperidine rings is 2. The fourth-order valence-corrected chi connectivity index (χ4v) is 6.22. The minimum Gasteiger partial charge on any atom is -0.450 e. The lowest BCUT2D eigenvalue weighted by molar-refractivity contribution is 0.0730. The maximum Gasteiger partial charge on any atom is 0.409 e. The maximum atomic E-state index is 13.2. The predicted octanol–water partition coefficient (Wildman–Crippen LogP) is 5.18. The van der Waals surface area contributed by atoms with Gasteiger partial charge in [-0.2, -0.15) is 0 Å². The molecular formula is C29H40N4O3. The van der Waals surface area contributed by atoms with Crippen LogP contribution in [-0.4, -0.2) is 72.7 Å². The third kappa shape index (κ3) is 5.36. The predicted molar refractivity (Wildman–Crippen MR) is 143 cm³/mol. The Hall–Kier alpha value is -3.06. The van der Waals surface area contributed by atoms with E-state index in [0.717, 1.165) is 70.6 Å². The number of hydrogen-bond donors (Lipinski definition) is 1. The molecule has 0 aliphatic carbocycles. The minimum atomic E-state index is -0.173. The fourth-order valence-electron chi connectivity index (χ4n) is 6.22. The van der Waals surface area contributed by atoms with Crippen molar-refractivity contribution in [2.24, 2.45) is 5.92 Å². The van der Waals surface area contributed by atoms with Gasteiger partial charge in [0, 0.05) is 45.3 Å².